The first-order chi connectivity index (χ1) is 4.83. The summed E-state index contributed by atoms with van der Waals surface area (Å²) in [4.78, 5) is 0. The summed E-state index contributed by atoms with van der Waals surface area (Å²) in [6.45, 7) is 5.50. The third kappa shape index (κ3) is 3.61. The van der Waals surface area contributed by atoms with Gasteiger partial charge in [-0.2, -0.15) is 6.92 Å². The minimum absolute atomic E-state index is 0. The van der Waals surface area contributed by atoms with Gasteiger partial charge in [-0.15, -0.1) is 0 Å². The maximum Gasteiger partial charge on any atom is 0 e. The summed E-state index contributed by atoms with van der Waals surface area (Å²) in [7, 11) is 0. The molecule has 0 unspecified atom stereocenters. The first-order valence-electron chi connectivity index (χ1n) is 3.17. The summed E-state index contributed by atoms with van der Waals surface area (Å²) in [5.74, 6) is 5.48. The van der Waals surface area contributed by atoms with Crippen molar-refractivity contribution in [2.24, 2.45) is 0 Å². The van der Waals surface area contributed by atoms with Crippen LogP contribution in [0.5, 0.6) is 0 Å². The van der Waals surface area contributed by atoms with Crippen LogP contribution in [0, 0.1) is 25.7 Å². The molecule has 0 aliphatic carbocycles. The second-order valence-corrected chi connectivity index (χ2v) is 2.17. The molecule has 1 aromatic rings. The van der Waals surface area contributed by atoms with Crippen molar-refractivity contribution in [3.63, 3.8) is 0 Å². The van der Waals surface area contributed by atoms with Crippen molar-refractivity contribution in [1.29, 1.82) is 0 Å². The number of aryl methyl sites for hydroxylation is 1. The Labute approximate surface area is 93.3 Å². The fourth-order valence-corrected chi connectivity index (χ4v) is 0.739. The van der Waals surface area contributed by atoms with E-state index in [1.165, 1.54) is 5.56 Å². The summed E-state index contributed by atoms with van der Waals surface area (Å²) in [6.07, 6.45) is 0. The maximum atomic E-state index is 3.44. The SMILES string of the molecule is [CH2-]C#Cc1ccc(C)cc1.[Y]. The fraction of sp³-hybridized carbons (Fsp3) is 0.100. The van der Waals surface area contributed by atoms with Crippen LogP contribution in [0.4, 0.5) is 0 Å². The number of rotatable bonds is 0. The van der Waals surface area contributed by atoms with Crippen molar-refractivity contribution < 1.29 is 32.7 Å². The van der Waals surface area contributed by atoms with Gasteiger partial charge in [-0.05, 0) is 6.92 Å². The van der Waals surface area contributed by atoms with E-state index in [0.717, 1.165) is 5.56 Å². The number of hydrogen-bond acceptors (Lipinski definition) is 0. The van der Waals surface area contributed by atoms with E-state index in [2.05, 4.69) is 25.7 Å². The second-order valence-electron chi connectivity index (χ2n) is 2.17. The van der Waals surface area contributed by atoms with E-state index in [1.54, 1.807) is 0 Å². The molecule has 0 fully saturated rings. The van der Waals surface area contributed by atoms with E-state index >= 15 is 0 Å². The first-order valence-corrected chi connectivity index (χ1v) is 3.17. The molecular weight excluding hydrogens is 209 g/mol. The van der Waals surface area contributed by atoms with E-state index < -0.39 is 0 Å². The third-order valence-electron chi connectivity index (χ3n) is 1.28. The van der Waals surface area contributed by atoms with Crippen LogP contribution < -0.4 is 0 Å². The van der Waals surface area contributed by atoms with Crippen LogP contribution in [0.25, 0.3) is 0 Å². The fourth-order valence-electron chi connectivity index (χ4n) is 0.739. The maximum absolute atomic E-state index is 3.44. The summed E-state index contributed by atoms with van der Waals surface area (Å²) in [5, 5.41) is 0. The quantitative estimate of drug-likeness (QED) is 0.462. The molecule has 0 atom stereocenters. The molecule has 0 spiro atoms. The molecule has 0 aliphatic rings. The van der Waals surface area contributed by atoms with Crippen LogP contribution in [-0.4, -0.2) is 0 Å². The van der Waals surface area contributed by atoms with Gasteiger partial charge in [-0.3, -0.25) is 11.8 Å². The molecule has 1 heteroatoms. The predicted molar refractivity (Wildman–Crippen MR) is 43.4 cm³/mol. The molecule has 1 aromatic carbocycles. The Kier molecular flexibility index (Phi) is 5.29. The smallest absolute Gasteiger partial charge is 0 e. The van der Waals surface area contributed by atoms with Crippen LogP contribution in [0.2, 0.25) is 0 Å². The Hall–Kier alpha value is -0.246. The van der Waals surface area contributed by atoms with Gasteiger partial charge in [-0.1, -0.05) is 35.4 Å². The van der Waals surface area contributed by atoms with Crippen molar-refractivity contribution in [3.05, 3.63) is 42.3 Å². The second kappa shape index (κ2) is 5.41. The van der Waals surface area contributed by atoms with Crippen molar-refractivity contribution in [3.8, 4) is 11.8 Å². The molecule has 53 valence electrons. The van der Waals surface area contributed by atoms with Gasteiger partial charge in [0.15, 0.2) is 0 Å². The topological polar surface area (TPSA) is 0 Å². The largest absolute Gasteiger partial charge is 0.296 e. The van der Waals surface area contributed by atoms with E-state index in [0.29, 0.717) is 0 Å². The normalized spacial score (nSPS) is 7.36. The molecule has 0 aliphatic heterocycles. The summed E-state index contributed by atoms with van der Waals surface area (Å²) in [5.41, 5.74) is 2.29. The van der Waals surface area contributed by atoms with E-state index in [-0.39, 0.29) is 32.7 Å². The average molecular weight is 218 g/mol. The minimum atomic E-state index is 0. The van der Waals surface area contributed by atoms with Gasteiger partial charge in [0.25, 0.3) is 0 Å². The van der Waals surface area contributed by atoms with Crippen LogP contribution in [-0.2, 0) is 32.7 Å². The summed E-state index contributed by atoms with van der Waals surface area (Å²) >= 11 is 0. The Morgan fingerprint density at radius 2 is 1.73 bits per heavy atom. The molecule has 11 heavy (non-hydrogen) atoms. The molecule has 1 rings (SSSR count). The minimum Gasteiger partial charge on any atom is -0.296 e. The summed E-state index contributed by atoms with van der Waals surface area (Å²) in [6, 6.07) is 8.07. The van der Waals surface area contributed by atoms with Gasteiger partial charge in [0.2, 0.25) is 0 Å². The molecular formula is C10H9Y-. The first kappa shape index (κ1) is 10.8. The monoisotopic (exact) mass is 218 g/mol. The van der Waals surface area contributed by atoms with Crippen molar-refractivity contribution in [1.82, 2.24) is 0 Å². The molecule has 0 nitrogen and oxygen atoms in total. The standard InChI is InChI=1S/C10H9.Y/c1-3-4-10-7-5-9(2)6-8-10;/h5-8H,1H2,2H3;/q-1;. The van der Waals surface area contributed by atoms with Gasteiger partial charge < -0.3 is 0 Å². The Bertz CT molecular complexity index is 261. The molecule has 0 bridgehead atoms. The molecule has 0 heterocycles. The van der Waals surface area contributed by atoms with Gasteiger partial charge in [0, 0.05) is 32.7 Å². The van der Waals surface area contributed by atoms with Crippen molar-refractivity contribution >= 4 is 0 Å². The van der Waals surface area contributed by atoms with Gasteiger partial charge in [0.1, 0.15) is 0 Å². The van der Waals surface area contributed by atoms with Gasteiger partial charge >= 0.3 is 0 Å². The molecule has 0 amide bonds. The van der Waals surface area contributed by atoms with Gasteiger partial charge in [0.05, 0.1) is 0 Å². The Morgan fingerprint density at radius 1 is 1.18 bits per heavy atom. The molecule has 0 aromatic heterocycles. The zero-order valence-electron chi connectivity index (χ0n) is 6.59. The van der Waals surface area contributed by atoms with Crippen LogP contribution in [0.1, 0.15) is 11.1 Å². The van der Waals surface area contributed by atoms with E-state index in [1.807, 2.05) is 24.3 Å². The molecule has 0 saturated heterocycles. The zero-order chi connectivity index (χ0) is 7.40. The third-order valence-corrected chi connectivity index (χ3v) is 1.28. The molecule has 0 saturated carbocycles. The van der Waals surface area contributed by atoms with E-state index in [4.69, 9.17) is 0 Å². The van der Waals surface area contributed by atoms with E-state index in [9.17, 15) is 0 Å². The van der Waals surface area contributed by atoms with Crippen molar-refractivity contribution in [2.75, 3.05) is 0 Å². The average Bonchev–Trinajstić information content (AvgIpc) is 1.95. The number of benzene rings is 1. The van der Waals surface area contributed by atoms with Crippen molar-refractivity contribution in [2.45, 2.75) is 6.92 Å². The van der Waals surface area contributed by atoms with Crippen LogP contribution in [0.15, 0.2) is 24.3 Å². The predicted octanol–water partition coefficient (Wildman–Crippen LogP) is 2.18. The summed E-state index contributed by atoms with van der Waals surface area (Å²) < 4.78 is 0. The Balaban J connectivity index is 0.000001000. The number of hydrogen-bond donors (Lipinski definition) is 0. The van der Waals surface area contributed by atoms with Crippen LogP contribution in [0.3, 0.4) is 0 Å². The zero-order valence-corrected chi connectivity index (χ0v) is 9.43. The molecule has 1 radical (unpaired) electrons. The van der Waals surface area contributed by atoms with Crippen LogP contribution >= 0.6 is 0 Å². The van der Waals surface area contributed by atoms with Gasteiger partial charge in [-0.25, -0.2) is 0 Å². The molecule has 0 N–H and O–H groups in total. The Morgan fingerprint density at radius 3 is 2.18 bits per heavy atom.